The van der Waals surface area contributed by atoms with Crippen molar-refractivity contribution in [3.8, 4) is 22.6 Å². The van der Waals surface area contributed by atoms with Gasteiger partial charge < -0.3 is 5.32 Å². The number of amides is 1. The third-order valence-electron chi connectivity index (χ3n) is 3.67. The second kappa shape index (κ2) is 6.55. The van der Waals surface area contributed by atoms with E-state index in [0.29, 0.717) is 22.9 Å². The minimum Gasteiger partial charge on any atom is -0.321 e. The third kappa shape index (κ3) is 3.18. The largest absolute Gasteiger partial charge is 0.321 e. The molecule has 0 aliphatic rings. The molecule has 1 aromatic carbocycles. The lowest BCUT2D eigenvalue weighted by molar-refractivity contribution is 0.102. The van der Waals surface area contributed by atoms with Crippen LogP contribution in [-0.2, 0) is 7.05 Å². The molecule has 4 rings (SSSR count). The fourth-order valence-electron chi connectivity index (χ4n) is 2.43. The molecule has 0 spiro atoms. The molecular formula is C17H14N8O. The lowest BCUT2D eigenvalue weighted by Gasteiger charge is -2.04. The normalized spacial score (nSPS) is 10.7. The lowest BCUT2D eigenvalue weighted by atomic mass is 10.2. The summed E-state index contributed by atoms with van der Waals surface area (Å²) in [5, 5.41) is 21.7. The highest BCUT2D eigenvalue weighted by Crippen LogP contribution is 2.20. The summed E-state index contributed by atoms with van der Waals surface area (Å²) in [7, 11) is 1.69. The Morgan fingerprint density at radius 1 is 1.15 bits per heavy atom. The van der Waals surface area contributed by atoms with Crippen LogP contribution in [-0.4, -0.2) is 41.3 Å². The number of rotatable bonds is 4. The second-order valence-corrected chi connectivity index (χ2v) is 5.55. The highest BCUT2D eigenvalue weighted by Gasteiger charge is 2.12. The zero-order chi connectivity index (χ0) is 17.9. The number of carbonyl (C=O) groups is 1. The first-order chi connectivity index (χ1) is 12.7. The molecule has 3 aromatic heterocycles. The number of anilines is 1. The van der Waals surface area contributed by atoms with E-state index in [2.05, 4.69) is 35.9 Å². The van der Waals surface area contributed by atoms with Crippen molar-refractivity contribution < 1.29 is 4.79 Å². The monoisotopic (exact) mass is 346 g/mol. The Hall–Kier alpha value is -3.88. The van der Waals surface area contributed by atoms with E-state index in [0.717, 1.165) is 11.1 Å². The van der Waals surface area contributed by atoms with Crippen LogP contribution in [0.1, 0.15) is 10.5 Å². The molecule has 0 aliphatic carbocycles. The van der Waals surface area contributed by atoms with E-state index in [-0.39, 0.29) is 5.91 Å². The Bertz CT molecular complexity index is 1050. The zero-order valence-electron chi connectivity index (χ0n) is 13.8. The summed E-state index contributed by atoms with van der Waals surface area (Å²) in [5.41, 5.74) is 3.22. The molecule has 4 aromatic rings. The molecule has 0 fully saturated rings. The van der Waals surface area contributed by atoms with Crippen molar-refractivity contribution >= 4 is 11.6 Å². The Labute approximate surface area is 148 Å². The maximum Gasteiger partial charge on any atom is 0.273 e. The van der Waals surface area contributed by atoms with Gasteiger partial charge in [-0.1, -0.05) is 12.1 Å². The average Bonchev–Trinajstić information content (AvgIpc) is 3.32. The molecule has 0 aliphatic heterocycles. The van der Waals surface area contributed by atoms with Gasteiger partial charge in [0, 0.05) is 29.2 Å². The van der Waals surface area contributed by atoms with Crippen LogP contribution in [0.3, 0.4) is 0 Å². The summed E-state index contributed by atoms with van der Waals surface area (Å²) in [6.45, 7) is 0. The Balaban J connectivity index is 1.53. The van der Waals surface area contributed by atoms with Crippen LogP contribution in [0.2, 0.25) is 0 Å². The smallest absolute Gasteiger partial charge is 0.273 e. The molecule has 1 amide bonds. The third-order valence-corrected chi connectivity index (χ3v) is 3.67. The molecule has 128 valence electrons. The zero-order valence-corrected chi connectivity index (χ0v) is 13.8. The van der Waals surface area contributed by atoms with Gasteiger partial charge in [0.05, 0.1) is 12.7 Å². The first-order valence-electron chi connectivity index (χ1n) is 7.80. The lowest BCUT2D eigenvalue weighted by Crippen LogP contribution is -2.12. The summed E-state index contributed by atoms with van der Waals surface area (Å²) in [6, 6.07) is 12.6. The van der Waals surface area contributed by atoms with Gasteiger partial charge in [-0.15, -0.1) is 10.2 Å². The summed E-state index contributed by atoms with van der Waals surface area (Å²) >= 11 is 0. The predicted molar refractivity (Wildman–Crippen MR) is 94.0 cm³/mol. The molecule has 2 N–H and O–H groups in total. The van der Waals surface area contributed by atoms with E-state index >= 15 is 0 Å². The molecule has 0 unspecified atom stereocenters. The molecule has 0 radical (unpaired) electrons. The number of hydrogen-bond donors (Lipinski definition) is 2. The van der Waals surface area contributed by atoms with Gasteiger partial charge in [-0.3, -0.25) is 14.9 Å². The number of nitrogens with one attached hydrogen (secondary N) is 2. The predicted octanol–water partition coefficient (Wildman–Crippen LogP) is 1.91. The van der Waals surface area contributed by atoms with E-state index in [1.807, 2.05) is 24.3 Å². The molecule has 0 saturated carbocycles. The average molecular weight is 346 g/mol. The minimum atomic E-state index is -0.295. The SMILES string of the molecule is Cn1nnc(-c2cccc(NC(=O)c3cc(-c4cccnc4)n[nH]3)c2)n1. The Morgan fingerprint density at radius 2 is 2.04 bits per heavy atom. The number of aryl methyl sites for hydroxylation is 1. The number of H-pyrrole nitrogens is 1. The summed E-state index contributed by atoms with van der Waals surface area (Å²) in [5.74, 6) is 0.195. The quantitative estimate of drug-likeness (QED) is 0.583. The van der Waals surface area contributed by atoms with Gasteiger partial charge in [0.1, 0.15) is 5.69 Å². The minimum absolute atomic E-state index is 0.295. The van der Waals surface area contributed by atoms with Gasteiger partial charge in [-0.05, 0) is 35.5 Å². The van der Waals surface area contributed by atoms with E-state index < -0.39 is 0 Å². The number of benzene rings is 1. The molecule has 0 atom stereocenters. The molecular weight excluding hydrogens is 332 g/mol. The molecule has 26 heavy (non-hydrogen) atoms. The van der Waals surface area contributed by atoms with E-state index in [4.69, 9.17) is 0 Å². The maximum absolute atomic E-state index is 12.5. The molecule has 9 nitrogen and oxygen atoms in total. The first kappa shape index (κ1) is 15.6. The van der Waals surface area contributed by atoms with Gasteiger partial charge in [-0.2, -0.15) is 9.90 Å². The molecule has 0 saturated heterocycles. The molecule has 9 heteroatoms. The fourth-order valence-corrected chi connectivity index (χ4v) is 2.43. The van der Waals surface area contributed by atoms with Crippen LogP contribution in [0.4, 0.5) is 5.69 Å². The maximum atomic E-state index is 12.5. The number of pyridine rings is 1. The van der Waals surface area contributed by atoms with E-state index in [1.165, 1.54) is 4.80 Å². The van der Waals surface area contributed by atoms with Crippen molar-refractivity contribution in [1.29, 1.82) is 0 Å². The van der Waals surface area contributed by atoms with Crippen molar-refractivity contribution in [3.05, 3.63) is 60.6 Å². The number of tetrazole rings is 1. The highest BCUT2D eigenvalue weighted by molar-refractivity contribution is 6.03. The van der Waals surface area contributed by atoms with E-state index in [9.17, 15) is 4.79 Å². The standard InChI is InChI=1S/C17H14N8O/c1-25-23-16(22-24-25)11-4-2-6-13(8-11)19-17(26)15-9-14(20-21-15)12-5-3-7-18-10-12/h2-10H,1H3,(H,19,26)(H,20,21). The Morgan fingerprint density at radius 3 is 2.81 bits per heavy atom. The Kier molecular flexibility index (Phi) is 3.94. The van der Waals surface area contributed by atoms with Gasteiger partial charge >= 0.3 is 0 Å². The van der Waals surface area contributed by atoms with Crippen LogP contribution in [0.15, 0.2) is 54.9 Å². The van der Waals surface area contributed by atoms with Crippen LogP contribution in [0.25, 0.3) is 22.6 Å². The van der Waals surface area contributed by atoms with Crippen molar-refractivity contribution in [2.45, 2.75) is 0 Å². The number of carbonyl (C=O) groups excluding carboxylic acids is 1. The van der Waals surface area contributed by atoms with Crippen LogP contribution < -0.4 is 5.32 Å². The van der Waals surface area contributed by atoms with Crippen molar-refractivity contribution in [1.82, 2.24) is 35.4 Å². The summed E-state index contributed by atoms with van der Waals surface area (Å²) < 4.78 is 0. The van der Waals surface area contributed by atoms with Crippen molar-refractivity contribution in [2.24, 2.45) is 7.05 Å². The van der Waals surface area contributed by atoms with Crippen LogP contribution in [0.5, 0.6) is 0 Å². The van der Waals surface area contributed by atoms with Gasteiger partial charge in [0.2, 0.25) is 5.82 Å². The number of aromatic amines is 1. The second-order valence-electron chi connectivity index (χ2n) is 5.55. The summed E-state index contributed by atoms with van der Waals surface area (Å²) in [4.78, 5) is 17.9. The number of nitrogens with zero attached hydrogens (tertiary/aromatic N) is 6. The van der Waals surface area contributed by atoms with Crippen molar-refractivity contribution in [2.75, 3.05) is 5.32 Å². The summed E-state index contributed by atoms with van der Waals surface area (Å²) in [6.07, 6.45) is 3.37. The van der Waals surface area contributed by atoms with Gasteiger partial charge in [-0.25, -0.2) is 0 Å². The number of aromatic nitrogens is 7. The van der Waals surface area contributed by atoms with E-state index in [1.54, 1.807) is 37.6 Å². The van der Waals surface area contributed by atoms with Crippen LogP contribution >= 0.6 is 0 Å². The van der Waals surface area contributed by atoms with Gasteiger partial charge in [0.15, 0.2) is 0 Å². The van der Waals surface area contributed by atoms with Crippen LogP contribution in [0, 0.1) is 0 Å². The molecule has 3 heterocycles. The fraction of sp³-hybridized carbons (Fsp3) is 0.0588. The van der Waals surface area contributed by atoms with Crippen molar-refractivity contribution in [3.63, 3.8) is 0 Å². The topological polar surface area (TPSA) is 114 Å². The molecule has 0 bridgehead atoms. The highest BCUT2D eigenvalue weighted by atomic mass is 16.1. The van der Waals surface area contributed by atoms with Gasteiger partial charge in [0.25, 0.3) is 5.91 Å². The first-order valence-corrected chi connectivity index (χ1v) is 7.80. The number of hydrogen-bond acceptors (Lipinski definition) is 6.